The van der Waals surface area contributed by atoms with Gasteiger partial charge in [-0.2, -0.15) is 13.2 Å². The number of halogens is 4. The Kier molecular flexibility index (Phi) is 3.61. The molecule has 0 atom stereocenters. The van der Waals surface area contributed by atoms with Gasteiger partial charge < -0.3 is 5.73 Å². The fourth-order valence-corrected chi connectivity index (χ4v) is 1.81. The van der Waals surface area contributed by atoms with Gasteiger partial charge in [-0.15, -0.1) is 0 Å². The monoisotopic (exact) mass is 285 g/mol. The van der Waals surface area contributed by atoms with Gasteiger partial charge in [0.1, 0.15) is 5.82 Å². The molecule has 7 heteroatoms. The van der Waals surface area contributed by atoms with Crippen molar-refractivity contribution in [3.63, 3.8) is 0 Å². The van der Waals surface area contributed by atoms with Crippen LogP contribution in [0.4, 0.5) is 23.5 Å². The topological polar surface area (TPSA) is 51.8 Å². The fourth-order valence-electron chi connectivity index (χ4n) is 1.81. The molecule has 1 aromatic heterocycles. The molecular formula is C13H11F4N3. The van der Waals surface area contributed by atoms with Crippen LogP contribution in [0.5, 0.6) is 0 Å². The first-order valence-electron chi connectivity index (χ1n) is 5.82. The summed E-state index contributed by atoms with van der Waals surface area (Å²) in [7, 11) is 0. The average molecular weight is 285 g/mol. The maximum Gasteiger partial charge on any atom is 0.417 e. The Morgan fingerprint density at radius 1 is 1.15 bits per heavy atom. The average Bonchev–Trinajstić information content (AvgIpc) is 2.36. The van der Waals surface area contributed by atoms with E-state index < -0.39 is 17.6 Å². The molecule has 0 aliphatic heterocycles. The number of aryl methyl sites for hydroxylation is 1. The normalized spacial score (nSPS) is 11.7. The van der Waals surface area contributed by atoms with Gasteiger partial charge in [0, 0.05) is 11.3 Å². The molecule has 2 aromatic rings. The third-order valence-corrected chi connectivity index (χ3v) is 2.72. The van der Waals surface area contributed by atoms with Gasteiger partial charge in [-0.1, -0.05) is 6.92 Å². The highest BCUT2D eigenvalue weighted by molar-refractivity contribution is 5.65. The van der Waals surface area contributed by atoms with Crippen molar-refractivity contribution in [2.45, 2.75) is 19.5 Å². The van der Waals surface area contributed by atoms with E-state index in [1.165, 1.54) is 6.07 Å². The Hall–Kier alpha value is -2.18. The van der Waals surface area contributed by atoms with E-state index in [0.29, 0.717) is 18.2 Å². The molecule has 0 bridgehead atoms. The van der Waals surface area contributed by atoms with Crippen LogP contribution in [-0.2, 0) is 12.6 Å². The number of benzene rings is 1. The molecule has 0 aliphatic rings. The summed E-state index contributed by atoms with van der Waals surface area (Å²) in [4.78, 5) is 7.65. The summed E-state index contributed by atoms with van der Waals surface area (Å²) in [5.74, 6) is -0.917. The Balaban J connectivity index is 2.68. The van der Waals surface area contributed by atoms with Gasteiger partial charge in [-0.25, -0.2) is 14.4 Å². The minimum atomic E-state index is -4.60. The number of aromatic nitrogens is 2. The molecule has 2 rings (SSSR count). The smallest absolute Gasteiger partial charge is 0.368 e. The largest absolute Gasteiger partial charge is 0.417 e. The molecule has 0 fully saturated rings. The Morgan fingerprint density at radius 3 is 2.45 bits per heavy atom. The van der Waals surface area contributed by atoms with Crippen LogP contribution in [0.25, 0.3) is 11.3 Å². The zero-order valence-corrected chi connectivity index (χ0v) is 10.5. The molecule has 1 aromatic carbocycles. The van der Waals surface area contributed by atoms with Crippen LogP contribution < -0.4 is 5.73 Å². The standard InChI is InChI=1S/C13H11F4N3/c1-2-8-6-11(20-12(18)19-8)9-5-7(14)3-4-10(9)13(15,16)17/h3-6H,2H2,1H3,(H2,18,19,20). The molecule has 0 unspecified atom stereocenters. The molecule has 0 saturated carbocycles. The molecule has 1 heterocycles. The van der Waals surface area contributed by atoms with Crippen LogP contribution in [0, 0.1) is 5.82 Å². The number of hydrogen-bond donors (Lipinski definition) is 1. The van der Waals surface area contributed by atoms with E-state index in [9.17, 15) is 17.6 Å². The second-order valence-electron chi connectivity index (χ2n) is 4.14. The number of hydrogen-bond acceptors (Lipinski definition) is 3. The van der Waals surface area contributed by atoms with Crippen molar-refractivity contribution in [3.05, 3.63) is 41.3 Å². The summed E-state index contributed by atoms with van der Waals surface area (Å²) >= 11 is 0. The van der Waals surface area contributed by atoms with E-state index in [2.05, 4.69) is 9.97 Å². The van der Waals surface area contributed by atoms with Crippen LogP contribution in [0.1, 0.15) is 18.2 Å². The van der Waals surface area contributed by atoms with Gasteiger partial charge in [0.05, 0.1) is 11.3 Å². The van der Waals surface area contributed by atoms with E-state index >= 15 is 0 Å². The lowest BCUT2D eigenvalue weighted by molar-refractivity contribution is -0.137. The summed E-state index contributed by atoms with van der Waals surface area (Å²) < 4.78 is 52.1. The maximum atomic E-state index is 13.3. The van der Waals surface area contributed by atoms with E-state index in [4.69, 9.17) is 5.73 Å². The predicted octanol–water partition coefficient (Wildman–Crippen LogP) is 3.45. The highest BCUT2D eigenvalue weighted by Gasteiger charge is 2.34. The number of nitrogens with two attached hydrogens (primary N) is 1. The number of alkyl halides is 3. The first kappa shape index (κ1) is 14.2. The Morgan fingerprint density at radius 2 is 1.85 bits per heavy atom. The first-order valence-corrected chi connectivity index (χ1v) is 5.82. The zero-order chi connectivity index (χ0) is 14.9. The lowest BCUT2D eigenvalue weighted by atomic mass is 10.0. The highest BCUT2D eigenvalue weighted by Crippen LogP contribution is 2.37. The molecule has 3 nitrogen and oxygen atoms in total. The summed E-state index contributed by atoms with van der Waals surface area (Å²) in [6.07, 6.45) is -4.12. The molecular weight excluding hydrogens is 274 g/mol. The molecule has 20 heavy (non-hydrogen) atoms. The van der Waals surface area contributed by atoms with Crippen LogP contribution in [-0.4, -0.2) is 9.97 Å². The summed E-state index contributed by atoms with van der Waals surface area (Å²) in [5.41, 5.74) is 4.62. The van der Waals surface area contributed by atoms with Crippen LogP contribution in [0.15, 0.2) is 24.3 Å². The van der Waals surface area contributed by atoms with E-state index in [0.717, 1.165) is 12.1 Å². The van der Waals surface area contributed by atoms with Crippen molar-refractivity contribution >= 4 is 5.95 Å². The van der Waals surface area contributed by atoms with Crippen molar-refractivity contribution < 1.29 is 17.6 Å². The number of rotatable bonds is 2. The van der Waals surface area contributed by atoms with E-state index in [1.807, 2.05) is 0 Å². The van der Waals surface area contributed by atoms with Crippen LogP contribution >= 0.6 is 0 Å². The molecule has 0 amide bonds. The predicted molar refractivity (Wildman–Crippen MR) is 66.2 cm³/mol. The number of anilines is 1. The van der Waals surface area contributed by atoms with Gasteiger partial charge in [0.15, 0.2) is 0 Å². The third-order valence-electron chi connectivity index (χ3n) is 2.72. The molecule has 0 saturated heterocycles. The van der Waals surface area contributed by atoms with Gasteiger partial charge in [-0.3, -0.25) is 0 Å². The minimum Gasteiger partial charge on any atom is -0.368 e. The fraction of sp³-hybridized carbons (Fsp3) is 0.231. The lowest BCUT2D eigenvalue weighted by Crippen LogP contribution is -2.09. The zero-order valence-electron chi connectivity index (χ0n) is 10.5. The SMILES string of the molecule is CCc1cc(-c2cc(F)ccc2C(F)(F)F)nc(N)n1. The molecule has 2 N–H and O–H groups in total. The molecule has 0 aliphatic carbocycles. The van der Waals surface area contributed by atoms with Gasteiger partial charge >= 0.3 is 6.18 Å². The van der Waals surface area contributed by atoms with Crippen molar-refractivity contribution in [2.24, 2.45) is 0 Å². The Labute approximate surface area is 112 Å². The minimum absolute atomic E-state index is 0.0406. The van der Waals surface area contributed by atoms with E-state index in [1.54, 1.807) is 6.92 Å². The quantitative estimate of drug-likeness (QED) is 0.860. The third kappa shape index (κ3) is 2.87. The molecule has 106 valence electrons. The molecule has 0 spiro atoms. The summed E-state index contributed by atoms with van der Waals surface area (Å²) in [5, 5.41) is 0. The second-order valence-corrected chi connectivity index (χ2v) is 4.14. The van der Waals surface area contributed by atoms with Gasteiger partial charge in [-0.05, 0) is 30.7 Å². The lowest BCUT2D eigenvalue weighted by Gasteiger charge is -2.13. The van der Waals surface area contributed by atoms with Gasteiger partial charge in [0.25, 0.3) is 0 Å². The summed E-state index contributed by atoms with van der Waals surface area (Å²) in [6, 6.07) is 3.62. The van der Waals surface area contributed by atoms with Crippen LogP contribution in [0.2, 0.25) is 0 Å². The highest BCUT2D eigenvalue weighted by atomic mass is 19.4. The van der Waals surface area contributed by atoms with Crippen molar-refractivity contribution in [3.8, 4) is 11.3 Å². The number of nitrogens with zero attached hydrogens (tertiary/aromatic N) is 2. The van der Waals surface area contributed by atoms with Crippen molar-refractivity contribution in [1.82, 2.24) is 9.97 Å². The summed E-state index contributed by atoms with van der Waals surface area (Å²) in [6.45, 7) is 1.78. The van der Waals surface area contributed by atoms with Gasteiger partial charge in [0.2, 0.25) is 5.95 Å². The van der Waals surface area contributed by atoms with Crippen molar-refractivity contribution in [2.75, 3.05) is 5.73 Å². The first-order chi connectivity index (χ1) is 9.31. The maximum absolute atomic E-state index is 13.3. The van der Waals surface area contributed by atoms with E-state index in [-0.39, 0.29) is 17.2 Å². The number of nitrogen functional groups attached to an aromatic ring is 1. The Bertz CT molecular complexity index is 638. The van der Waals surface area contributed by atoms with Crippen molar-refractivity contribution in [1.29, 1.82) is 0 Å². The van der Waals surface area contributed by atoms with Crippen LogP contribution in [0.3, 0.4) is 0 Å². The second kappa shape index (κ2) is 5.07. The molecule has 0 radical (unpaired) electrons.